The van der Waals surface area contributed by atoms with Crippen molar-refractivity contribution in [1.29, 1.82) is 0 Å². The predicted octanol–water partition coefficient (Wildman–Crippen LogP) is 6.97. The lowest BCUT2D eigenvalue weighted by Gasteiger charge is -2.07. The largest absolute Gasteiger partial charge is 0.497 e. The topological polar surface area (TPSA) is 35.0 Å². The zero-order valence-corrected chi connectivity index (χ0v) is 17.4. The molecule has 0 amide bonds. The number of nitrogens with zero attached hydrogens (tertiary/aromatic N) is 2. The fraction of sp³-hybridized carbons (Fsp3) is 0.100. The fourth-order valence-electron chi connectivity index (χ4n) is 2.72. The number of ether oxygens (including phenoxy) is 1. The number of hydrogen-bond acceptors (Lipinski definition) is 5. The van der Waals surface area contributed by atoms with Crippen molar-refractivity contribution in [3.63, 3.8) is 0 Å². The number of benzene rings is 2. The summed E-state index contributed by atoms with van der Waals surface area (Å²) in [4.78, 5) is 9.94. The molecule has 0 aliphatic carbocycles. The molecule has 0 aliphatic rings. The Kier molecular flexibility index (Phi) is 5.55. The van der Waals surface area contributed by atoms with Crippen molar-refractivity contribution in [3.8, 4) is 16.9 Å². The van der Waals surface area contributed by atoms with Crippen molar-refractivity contribution >= 4 is 56.5 Å². The molecule has 0 saturated heterocycles. The summed E-state index contributed by atoms with van der Waals surface area (Å²) in [5.41, 5.74) is 3.35. The summed E-state index contributed by atoms with van der Waals surface area (Å²) in [7, 11) is 1.67. The van der Waals surface area contributed by atoms with Crippen LogP contribution in [0.1, 0.15) is 5.56 Å². The molecule has 2 heterocycles. The first-order valence-electron chi connectivity index (χ1n) is 8.09. The molecule has 0 spiro atoms. The van der Waals surface area contributed by atoms with E-state index in [4.69, 9.17) is 27.9 Å². The van der Waals surface area contributed by atoms with E-state index in [-0.39, 0.29) is 0 Å². The predicted molar refractivity (Wildman–Crippen MR) is 115 cm³/mol. The van der Waals surface area contributed by atoms with Gasteiger partial charge in [-0.3, -0.25) is 0 Å². The monoisotopic (exact) mass is 432 g/mol. The van der Waals surface area contributed by atoms with E-state index in [0.717, 1.165) is 43.4 Å². The summed E-state index contributed by atoms with van der Waals surface area (Å²) < 4.78 is 5.26. The van der Waals surface area contributed by atoms with E-state index in [2.05, 4.69) is 27.5 Å². The van der Waals surface area contributed by atoms with Gasteiger partial charge in [-0.15, -0.1) is 23.1 Å². The van der Waals surface area contributed by atoms with Gasteiger partial charge in [0.2, 0.25) is 0 Å². The third-order valence-corrected chi connectivity index (χ3v) is 6.78. The van der Waals surface area contributed by atoms with Crippen LogP contribution in [0, 0.1) is 0 Å². The smallest absolute Gasteiger partial charge is 0.128 e. The zero-order valence-electron chi connectivity index (χ0n) is 14.3. The number of halogens is 2. The normalized spacial score (nSPS) is 11.1. The summed E-state index contributed by atoms with van der Waals surface area (Å²) in [6.45, 7) is 0. The van der Waals surface area contributed by atoms with Gasteiger partial charge in [0.05, 0.1) is 22.5 Å². The summed E-state index contributed by atoms with van der Waals surface area (Å²) in [6.07, 6.45) is 1.62. The molecule has 3 nitrogen and oxygen atoms in total. The molecule has 136 valence electrons. The minimum atomic E-state index is 0.564. The van der Waals surface area contributed by atoms with Crippen molar-refractivity contribution in [2.45, 2.75) is 10.8 Å². The summed E-state index contributed by atoms with van der Waals surface area (Å²) >= 11 is 15.4. The van der Waals surface area contributed by atoms with E-state index in [0.29, 0.717) is 10.0 Å². The van der Waals surface area contributed by atoms with Crippen LogP contribution < -0.4 is 4.74 Å². The molecular formula is C20H14Cl2N2OS2. The Labute approximate surface area is 175 Å². The van der Waals surface area contributed by atoms with Gasteiger partial charge in [0.1, 0.15) is 21.9 Å². The molecule has 27 heavy (non-hydrogen) atoms. The van der Waals surface area contributed by atoms with Crippen LogP contribution in [0.5, 0.6) is 5.75 Å². The maximum atomic E-state index is 6.13. The quantitative estimate of drug-likeness (QED) is 0.252. The minimum absolute atomic E-state index is 0.564. The first-order valence-corrected chi connectivity index (χ1v) is 10.7. The Morgan fingerprint density at radius 2 is 1.85 bits per heavy atom. The molecule has 0 aliphatic heterocycles. The van der Waals surface area contributed by atoms with Gasteiger partial charge in [0.25, 0.3) is 0 Å². The van der Waals surface area contributed by atoms with E-state index in [1.807, 2.05) is 30.3 Å². The van der Waals surface area contributed by atoms with Crippen molar-refractivity contribution in [2.75, 3.05) is 7.11 Å². The molecule has 4 rings (SSSR count). The molecule has 0 fully saturated rings. The Hall–Kier alpha value is -1.79. The summed E-state index contributed by atoms with van der Waals surface area (Å²) in [5, 5.41) is 5.30. The van der Waals surface area contributed by atoms with Crippen LogP contribution in [-0.4, -0.2) is 17.1 Å². The highest BCUT2D eigenvalue weighted by Gasteiger charge is 2.14. The standard InChI is InChI=1S/C20H14Cl2N2OS2/c1-25-14-5-3-13(4-6-14)15-10-27-20-18(15)19(23-11-24-20)26-9-12-2-7-16(21)17(22)8-12/h2-8,10-11H,9H2,1H3. The Morgan fingerprint density at radius 1 is 1.04 bits per heavy atom. The molecule has 0 atom stereocenters. The van der Waals surface area contributed by atoms with Gasteiger partial charge in [-0.2, -0.15) is 0 Å². The van der Waals surface area contributed by atoms with Crippen molar-refractivity contribution in [1.82, 2.24) is 9.97 Å². The van der Waals surface area contributed by atoms with Crippen molar-refractivity contribution in [3.05, 3.63) is 69.8 Å². The van der Waals surface area contributed by atoms with Gasteiger partial charge in [-0.1, -0.05) is 41.4 Å². The van der Waals surface area contributed by atoms with Crippen molar-refractivity contribution in [2.24, 2.45) is 0 Å². The molecule has 2 aromatic carbocycles. The number of hydrogen-bond donors (Lipinski definition) is 0. The second kappa shape index (κ2) is 8.07. The van der Waals surface area contributed by atoms with E-state index in [9.17, 15) is 0 Å². The Balaban J connectivity index is 1.68. The number of thioether (sulfide) groups is 1. The average Bonchev–Trinajstić information content (AvgIpc) is 3.14. The van der Waals surface area contributed by atoms with E-state index >= 15 is 0 Å². The van der Waals surface area contributed by atoms with Gasteiger partial charge in [0.15, 0.2) is 0 Å². The Morgan fingerprint density at radius 3 is 2.59 bits per heavy atom. The van der Waals surface area contributed by atoms with E-state index < -0.39 is 0 Å². The van der Waals surface area contributed by atoms with Crippen molar-refractivity contribution < 1.29 is 4.74 Å². The lowest BCUT2D eigenvalue weighted by Crippen LogP contribution is -1.88. The lowest BCUT2D eigenvalue weighted by molar-refractivity contribution is 0.415. The summed E-state index contributed by atoms with van der Waals surface area (Å²) in [5.74, 6) is 1.59. The fourth-order valence-corrected chi connectivity index (χ4v) is 4.98. The SMILES string of the molecule is COc1ccc(-c2csc3ncnc(SCc4ccc(Cl)c(Cl)c4)c23)cc1. The molecule has 0 bridgehead atoms. The summed E-state index contributed by atoms with van der Waals surface area (Å²) in [6, 6.07) is 13.7. The van der Waals surface area contributed by atoms with E-state index in [1.54, 1.807) is 36.5 Å². The molecular weight excluding hydrogens is 419 g/mol. The lowest BCUT2D eigenvalue weighted by atomic mass is 10.1. The number of fused-ring (bicyclic) bond motifs is 1. The number of thiophene rings is 1. The molecule has 0 saturated carbocycles. The third kappa shape index (κ3) is 3.92. The first kappa shape index (κ1) is 18.6. The number of methoxy groups -OCH3 is 1. The molecule has 7 heteroatoms. The van der Waals surface area contributed by atoms with Crippen LogP contribution in [-0.2, 0) is 5.75 Å². The van der Waals surface area contributed by atoms with Gasteiger partial charge < -0.3 is 4.74 Å². The number of aromatic nitrogens is 2. The van der Waals surface area contributed by atoms with Gasteiger partial charge in [-0.05, 0) is 35.4 Å². The maximum Gasteiger partial charge on any atom is 0.128 e. The molecule has 4 aromatic rings. The zero-order chi connectivity index (χ0) is 18.8. The van der Waals surface area contributed by atoms with Crippen LogP contribution in [0.3, 0.4) is 0 Å². The van der Waals surface area contributed by atoms with Gasteiger partial charge >= 0.3 is 0 Å². The second-order valence-electron chi connectivity index (χ2n) is 5.77. The highest BCUT2D eigenvalue weighted by molar-refractivity contribution is 7.98. The molecule has 0 N–H and O–H groups in total. The van der Waals surface area contributed by atoms with Crippen LogP contribution >= 0.6 is 46.3 Å². The maximum absolute atomic E-state index is 6.13. The van der Waals surface area contributed by atoms with Gasteiger partial charge in [0, 0.05) is 16.7 Å². The Bertz CT molecular complexity index is 1100. The van der Waals surface area contributed by atoms with Crippen LogP contribution in [0.2, 0.25) is 10.0 Å². The van der Waals surface area contributed by atoms with Gasteiger partial charge in [-0.25, -0.2) is 9.97 Å². The van der Waals surface area contributed by atoms with Crippen LogP contribution in [0.25, 0.3) is 21.3 Å². The highest BCUT2D eigenvalue weighted by Crippen LogP contribution is 2.39. The molecule has 0 unspecified atom stereocenters. The first-order chi connectivity index (χ1) is 13.2. The third-order valence-electron chi connectivity index (χ3n) is 4.10. The molecule has 2 aromatic heterocycles. The number of rotatable bonds is 5. The van der Waals surface area contributed by atoms with Crippen LogP contribution in [0.4, 0.5) is 0 Å². The van der Waals surface area contributed by atoms with Crippen LogP contribution in [0.15, 0.2) is 59.2 Å². The molecule has 0 radical (unpaired) electrons. The van der Waals surface area contributed by atoms with E-state index in [1.165, 1.54) is 0 Å². The average molecular weight is 433 g/mol. The minimum Gasteiger partial charge on any atom is -0.497 e. The second-order valence-corrected chi connectivity index (χ2v) is 8.41. The highest BCUT2D eigenvalue weighted by atomic mass is 35.5.